The van der Waals surface area contributed by atoms with Crippen molar-refractivity contribution < 1.29 is 19.8 Å². The van der Waals surface area contributed by atoms with Crippen LogP contribution in [0.5, 0.6) is 0 Å². The maximum atomic E-state index is 14.0. The number of fused-ring (bicyclic) bond motifs is 2. The van der Waals surface area contributed by atoms with Gasteiger partial charge in [0, 0.05) is 28.8 Å². The second kappa shape index (κ2) is 10.2. The average molecular weight is 534 g/mol. The van der Waals surface area contributed by atoms with E-state index in [-0.39, 0.29) is 42.8 Å². The van der Waals surface area contributed by atoms with Gasteiger partial charge < -0.3 is 25.7 Å². The standard InChI is InChI=1S/C27H33Cl2N3O4/c1-26(2,3)13-17-14-32(25(36)30-10-9-20(34)15-33)23(16-5-4-6-18(28)11-16)27(17)21-8-7-19(29)12-22(21)31-24(27)35/h4-8,11-12,17,20,23,33-34H,9-10,13-15H2,1-3H3,(H,30,36)(H,31,35)/t17-,20+,23-,27?/m1/s1. The van der Waals surface area contributed by atoms with Crippen LogP contribution in [-0.4, -0.2) is 52.9 Å². The van der Waals surface area contributed by atoms with Crippen LogP contribution < -0.4 is 10.6 Å². The topological polar surface area (TPSA) is 102 Å². The Morgan fingerprint density at radius 2 is 1.94 bits per heavy atom. The minimum atomic E-state index is -1.04. The molecule has 0 bridgehead atoms. The van der Waals surface area contributed by atoms with Crippen molar-refractivity contribution in [1.29, 1.82) is 0 Å². The highest BCUT2D eigenvalue weighted by Crippen LogP contribution is 2.59. The van der Waals surface area contributed by atoms with Gasteiger partial charge in [0.05, 0.1) is 18.8 Å². The molecule has 2 aliphatic heterocycles. The lowest BCUT2D eigenvalue weighted by atomic mass is 9.63. The van der Waals surface area contributed by atoms with Crippen molar-refractivity contribution in [2.75, 3.05) is 25.0 Å². The van der Waals surface area contributed by atoms with Gasteiger partial charge in [-0.1, -0.05) is 62.2 Å². The van der Waals surface area contributed by atoms with Gasteiger partial charge in [0.2, 0.25) is 5.91 Å². The summed E-state index contributed by atoms with van der Waals surface area (Å²) in [6.45, 7) is 6.56. The van der Waals surface area contributed by atoms with Crippen molar-refractivity contribution in [2.45, 2.75) is 51.2 Å². The van der Waals surface area contributed by atoms with E-state index in [0.717, 1.165) is 11.1 Å². The molecule has 36 heavy (non-hydrogen) atoms. The van der Waals surface area contributed by atoms with E-state index in [1.165, 1.54) is 0 Å². The minimum absolute atomic E-state index is 0.107. The monoisotopic (exact) mass is 533 g/mol. The smallest absolute Gasteiger partial charge is 0.317 e. The molecular weight excluding hydrogens is 501 g/mol. The lowest BCUT2D eigenvalue weighted by molar-refractivity contribution is -0.123. The van der Waals surface area contributed by atoms with Gasteiger partial charge >= 0.3 is 6.03 Å². The number of benzene rings is 2. The Balaban J connectivity index is 1.86. The van der Waals surface area contributed by atoms with Gasteiger partial charge in [-0.15, -0.1) is 0 Å². The Hall–Kier alpha value is -2.32. The van der Waals surface area contributed by atoms with Crippen LogP contribution in [0, 0.1) is 11.3 Å². The van der Waals surface area contributed by atoms with E-state index < -0.39 is 17.6 Å². The third-order valence-corrected chi connectivity index (χ3v) is 7.57. The Labute approximate surface area is 221 Å². The molecule has 1 unspecified atom stereocenters. The summed E-state index contributed by atoms with van der Waals surface area (Å²) in [5, 5.41) is 25.8. The first-order valence-electron chi connectivity index (χ1n) is 12.2. The van der Waals surface area contributed by atoms with Gasteiger partial charge in [-0.2, -0.15) is 0 Å². The van der Waals surface area contributed by atoms with Crippen molar-refractivity contribution in [2.24, 2.45) is 11.3 Å². The van der Waals surface area contributed by atoms with E-state index >= 15 is 0 Å². The van der Waals surface area contributed by atoms with Crippen molar-refractivity contribution in [1.82, 2.24) is 10.2 Å². The Bertz CT molecular complexity index is 1150. The largest absolute Gasteiger partial charge is 0.394 e. The molecule has 1 fully saturated rings. The predicted molar refractivity (Wildman–Crippen MR) is 141 cm³/mol. The predicted octanol–water partition coefficient (Wildman–Crippen LogP) is 4.75. The van der Waals surface area contributed by atoms with Crippen molar-refractivity contribution >= 4 is 40.8 Å². The van der Waals surface area contributed by atoms with E-state index in [0.29, 0.717) is 28.7 Å². The van der Waals surface area contributed by atoms with Gasteiger partial charge in [-0.3, -0.25) is 4.79 Å². The third kappa shape index (κ3) is 4.94. The number of urea groups is 1. The average Bonchev–Trinajstić information content (AvgIpc) is 3.27. The summed E-state index contributed by atoms with van der Waals surface area (Å²) in [7, 11) is 0. The molecule has 2 aliphatic rings. The van der Waals surface area contributed by atoms with E-state index in [2.05, 4.69) is 31.4 Å². The number of likely N-dealkylation sites (tertiary alicyclic amines) is 1. The first-order valence-corrected chi connectivity index (χ1v) is 12.9. The van der Waals surface area contributed by atoms with E-state index in [1.807, 2.05) is 24.3 Å². The summed E-state index contributed by atoms with van der Waals surface area (Å²) in [4.78, 5) is 29.3. The van der Waals surface area contributed by atoms with Gasteiger partial charge in [0.15, 0.2) is 0 Å². The quantitative estimate of drug-likeness (QED) is 0.430. The molecule has 1 saturated heterocycles. The molecule has 0 radical (unpaired) electrons. The molecule has 3 amide bonds. The summed E-state index contributed by atoms with van der Waals surface area (Å²) in [6, 6.07) is 11.8. The summed E-state index contributed by atoms with van der Waals surface area (Å²) >= 11 is 12.7. The van der Waals surface area contributed by atoms with Crippen molar-refractivity contribution in [3.05, 3.63) is 63.6 Å². The molecule has 0 aromatic heterocycles. The zero-order valence-electron chi connectivity index (χ0n) is 20.7. The summed E-state index contributed by atoms with van der Waals surface area (Å²) in [5.41, 5.74) is 1.10. The number of nitrogens with zero attached hydrogens (tertiary/aromatic N) is 1. The van der Waals surface area contributed by atoms with Gasteiger partial charge in [0.25, 0.3) is 0 Å². The van der Waals surface area contributed by atoms with Gasteiger partial charge in [-0.05, 0) is 59.6 Å². The SMILES string of the molecule is CC(C)(C)C[C@@H]1CN(C(=O)NCC[C@H](O)CO)[C@H](c2cccc(Cl)c2)C12C(=O)Nc1cc(Cl)ccc12. The zero-order valence-corrected chi connectivity index (χ0v) is 22.2. The summed E-state index contributed by atoms with van der Waals surface area (Å²) < 4.78 is 0. The maximum Gasteiger partial charge on any atom is 0.317 e. The lowest BCUT2D eigenvalue weighted by Crippen LogP contribution is -2.47. The molecular formula is C27H33Cl2N3O4. The molecule has 4 atom stereocenters. The molecule has 1 spiro atoms. The molecule has 4 rings (SSSR count). The number of carbonyl (C=O) groups excluding carboxylic acids is 2. The first kappa shape index (κ1) is 26.7. The van der Waals surface area contributed by atoms with Crippen LogP contribution in [0.1, 0.15) is 50.8 Å². The van der Waals surface area contributed by atoms with Crippen molar-refractivity contribution in [3.63, 3.8) is 0 Å². The van der Waals surface area contributed by atoms with Crippen LogP contribution in [0.2, 0.25) is 10.0 Å². The number of nitrogens with one attached hydrogen (secondary N) is 2. The minimum Gasteiger partial charge on any atom is -0.394 e. The van der Waals surface area contributed by atoms with Crippen molar-refractivity contribution in [3.8, 4) is 0 Å². The molecule has 4 N–H and O–H groups in total. The van der Waals surface area contributed by atoms with Gasteiger partial charge in [0.1, 0.15) is 5.41 Å². The fourth-order valence-corrected chi connectivity index (χ4v) is 6.16. The molecule has 9 heteroatoms. The Morgan fingerprint density at radius 3 is 2.61 bits per heavy atom. The highest BCUT2D eigenvalue weighted by atomic mass is 35.5. The van der Waals surface area contributed by atoms with Crippen LogP contribution in [0.25, 0.3) is 0 Å². The lowest BCUT2D eigenvalue weighted by Gasteiger charge is -2.38. The van der Waals surface area contributed by atoms with E-state index in [4.69, 9.17) is 28.3 Å². The third-order valence-electron chi connectivity index (χ3n) is 7.10. The number of carbonyl (C=O) groups is 2. The first-order chi connectivity index (χ1) is 17.0. The highest BCUT2D eigenvalue weighted by Gasteiger charge is 2.64. The molecule has 2 aromatic carbocycles. The molecule has 2 aromatic rings. The van der Waals surface area contributed by atoms with Gasteiger partial charge in [-0.25, -0.2) is 4.79 Å². The number of hydrogen-bond acceptors (Lipinski definition) is 4. The number of aliphatic hydroxyl groups excluding tert-OH is 2. The van der Waals surface area contributed by atoms with Crippen LogP contribution in [0.3, 0.4) is 0 Å². The highest BCUT2D eigenvalue weighted by molar-refractivity contribution is 6.31. The Kier molecular flexibility index (Phi) is 7.58. The number of aliphatic hydroxyl groups is 2. The molecule has 194 valence electrons. The number of rotatable bonds is 6. The van der Waals surface area contributed by atoms with Crippen LogP contribution in [-0.2, 0) is 10.2 Å². The maximum absolute atomic E-state index is 14.0. The molecule has 0 aliphatic carbocycles. The number of anilines is 1. The van der Waals surface area contributed by atoms with E-state index in [9.17, 15) is 14.7 Å². The van der Waals surface area contributed by atoms with Crippen LogP contribution >= 0.6 is 23.2 Å². The zero-order chi connectivity index (χ0) is 26.3. The van der Waals surface area contributed by atoms with Crippen LogP contribution in [0.4, 0.5) is 10.5 Å². The fourth-order valence-electron chi connectivity index (χ4n) is 5.78. The second-order valence-electron chi connectivity index (χ2n) is 10.9. The second-order valence-corrected chi connectivity index (χ2v) is 11.8. The summed E-state index contributed by atoms with van der Waals surface area (Å²) in [5.74, 6) is -0.345. The van der Waals surface area contributed by atoms with Crippen LogP contribution in [0.15, 0.2) is 42.5 Å². The number of amides is 3. The number of halogens is 2. The molecule has 0 saturated carbocycles. The van der Waals surface area contributed by atoms with E-state index in [1.54, 1.807) is 23.1 Å². The summed E-state index contributed by atoms with van der Waals surface area (Å²) in [6.07, 6.45) is 0.00729. The molecule has 7 nitrogen and oxygen atoms in total. The number of hydrogen-bond donors (Lipinski definition) is 4. The fraction of sp³-hybridized carbons (Fsp3) is 0.481. The normalized spacial score (nSPS) is 24.1. The Morgan fingerprint density at radius 1 is 1.22 bits per heavy atom. The molecule has 2 heterocycles.